The molecule has 1 aliphatic rings. The SMILES string of the molecule is CCc1cccc(NCc2nnc3n2CCCCC3)c1. The Bertz CT molecular complexity index is 574. The molecule has 0 spiro atoms. The Morgan fingerprint density at radius 2 is 2.15 bits per heavy atom. The summed E-state index contributed by atoms with van der Waals surface area (Å²) in [5.41, 5.74) is 2.52. The lowest BCUT2D eigenvalue weighted by Gasteiger charge is -2.09. The molecule has 4 nitrogen and oxygen atoms in total. The van der Waals surface area contributed by atoms with Gasteiger partial charge in [0.25, 0.3) is 0 Å². The van der Waals surface area contributed by atoms with Crippen molar-refractivity contribution in [2.45, 2.75) is 52.1 Å². The Labute approximate surface area is 120 Å². The van der Waals surface area contributed by atoms with E-state index in [1.807, 2.05) is 0 Å². The van der Waals surface area contributed by atoms with Gasteiger partial charge in [-0.2, -0.15) is 0 Å². The molecule has 0 bridgehead atoms. The molecule has 20 heavy (non-hydrogen) atoms. The van der Waals surface area contributed by atoms with Gasteiger partial charge in [-0.25, -0.2) is 0 Å². The Balaban J connectivity index is 1.70. The number of anilines is 1. The number of hydrogen-bond donors (Lipinski definition) is 1. The van der Waals surface area contributed by atoms with E-state index in [2.05, 4.69) is 51.3 Å². The molecule has 0 saturated heterocycles. The maximum atomic E-state index is 4.35. The van der Waals surface area contributed by atoms with Crippen molar-refractivity contribution < 1.29 is 0 Å². The summed E-state index contributed by atoms with van der Waals surface area (Å²) in [5.74, 6) is 2.21. The fourth-order valence-electron chi connectivity index (χ4n) is 2.76. The normalized spacial score (nSPS) is 14.7. The van der Waals surface area contributed by atoms with Gasteiger partial charge in [-0.1, -0.05) is 25.5 Å². The smallest absolute Gasteiger partial charge is 0.152 e. The average Bonchev–Trinajstić information content (AvgIpc) is 2.72. The molecule has 0 unspecified atom stereocenters. The molecule has 0 saturated carbocycles. The zero-order valence-electron chi connectivity index (χ0n) is 12.1. The first-order valence-electron chi connectivity index (χ1n) is 7.60. The van der Waals surface area contributed by atoms with Crippen LogP contribution in [-0.4, -0.2) is 14.8 Å². The lowest BCUT2D eigenvalue weighted by atomic mass is 10.1. The molecule has 0 fully saturated rings. The number of fused-ring (bicyclic) bond motifs is 1. The summed E-state index contributed by atoms with van der Waals surface area (Å²) < 4.78 is 2.30. The highest BCUT2D eigenvalue weighted by atomic mass is 15.3. The second kappa shape index (κ2) is 6.07. The van der Waals surface area contributed by atoms with Crippen LogP contribution in [0, 0.1) is 0 Å². The maximum Gasteiger partial charge on any atom is 0.152 e. The van der Waals surface area contributed by atoms with Crippen molar-refractivity contribution in [2.24, 2.45) is 0 Å². The van der Waals surface area contributed by atoms with Crippen LogP contribution in [0.4, 0.5) is 5.69 Å². The van der Waals surface area contributed by atoms with E-state index < -0.39 is 0 Å². The van der Waals surface area contributed by atoms with Crippen LogP contribution in [0.2, 0.25) is 0 Å². The highest BCUT2D eigenvalue weighted by Crippen LogP contribution is 2.16. The number of hydrogen-bond acceptors (Lipinski definition) is 3. The van der Waals surface area contributed by atoms with Gasteiger partial charge in [0.05, 0.1) is 6.54 Å². The molecule has 2 heterocycles. The number of aromatic nitrogens is 3. The second-order valence-electron chi connectivity index (χ2n) is 5.40. The lowest BCUT2D eigenvalue weighted by Crippen LogP contribution is -2.10. The third kappa shape index (κ3) is 2.84. The third-order valence-corrected chi connectivity index (χ3v) is 3.97. The van der Waals surface area contributed by atoms with Gasteiger partial charge < -0.3 is 9.88 Å². The predicted octanol–water partition coefficient (Wildman–Crippen LogP) is 3.18. The van der Waals surface area contributed by atoms with Crippen molar-refractivity contribution in [1.82, 2.24) is 14.8 Å². The molecule has 1 aromatic carbocycles. The predicted molar refractivity (Wildman–Crippen MR) is 80.7 cm³/mol. The van der Waals surface area contributed by atoms with Gasteiger partial charge in [0.15, 0.2) is 5.82 Å². The van der Waals surface area contributed by atoms with Crippen molar-refractivity contribution in [2.75, 3.05) is 5.32 Å². The van der Waals surface area contributed by atoms with Gasteiger partial charge in [0.2, 0.25) is 0 Å². The number of nitrogens with one attached hydrogen (secondary N) is 1. The fraction of sp³-hybridized carbons (Fsp3) is 0.500. The van der Waals surface area contributed by atoms with Crippen molar-refractivity contribution in [1.29, 1.82) is 0 Å². The second-order valence-corrected chi connectivity index (χ2v) is 5.40. The zero-order chi connectivity index (χ0) is 13.8. The summed E-state index contributed by atoms with van der Waals surface area (Å²) in [7, 11) is 0. The summed E-state index contributed by atoms with van der Waals surface area (Å²) >= 11 is 0. The van der Waals surface area contributed by atoms with Crippen LogP contribution < -0.4 is 5.32 Å². The van der Waals surface area contributed by atoms with E-state index in [0.29, 0.717) is 0 Å². The van der Waals surface area contributed by atoms with Crippen LogP contribution in [0.5, 0.6) is 0 Å². The van der Waals surface area contributed by atoms with Gasteiger partial charge >= 0.3 is 0 Å². The van der Waals surface area contributed by atoms with Gasteiger partial charge in [-0.3, -0.25) is 0 Å². The maximum absolute atomic E-state index is 4.35. The summed E-state index contributed by atoms with van der Waals surface area (Å²) in [6.07, 6.45) is 5.91. The molecular formula is C16H22N4. The van der Waals surface area contributed by atoms with Crippen molar-refractivity contribution in [3.63, 3.8) is 0 Å². The average molecular weight is 270 g/mol. The molecule has 106 valence electrons. The van der Waals surface area contributed by atoms with Gasteiger partial charge in [-0.15, -0.1) is 10.2 Å². The summed E-state index contributed by atoms with van der Waals surface area (Å²) in [6, 6.07) is 8.58. The number of rotatable bonds is 4. The van der Waals surface area contributed by atoms with Crippen LogP contribution in [0.3, 0.4) is 0 Å². The lowest BCUT2D eigenvalue weighted by molar-refractivity contribution is 0.610. The van der Waals surface area contributed by atoms with Crippen LogP contribution in [0.15, 0.2) is 24.3 Å². The monoisotopic (exact) mass is 270 g/mol. The van der Waals surface area contributed by atoms with E-state index >= 15 is 0 Å². The summed E-state index contributed by atoms with van der Waals surface area (Å²) in [5, 5.41) is 12.2. The molecule has 0 atom stereocenters. The van der Waals surface area contributed by atoms with E-state index in [9.17, 15) is 0 Å². The van der Waals surface area contributed by atoms with Crippen molar-refractivity contribution in [3.05, 3.63) is 41.5 Å². The Morgan fingerprint density at radius 3 is 3.05 bits per heavy atom. The van der Waals surface area contributed by atoms with Crippen molar-refractivity contribution >= 4 is 5.69 Å². The Hall–Kier alpha value is -1.84. The third-order valence-electron chi connectivity index (χ3n) is 3.97. The first-order chi connectivity index (χ1) is 9.86. The minimum atomic E-state index is 0.750. The van der Waals surface area contributed by atoms with E-state index in [1.54, 1.807) is 0 Å². The van der Waals surface area contributed by atoms with Crippen LogP contribution in [-0.2, 0) is 25.9 Å². The zero-order valence-corrected chi connectivity index (χ0v) is 12.1. The minimum absolute atomic E-state index is 0.750. The highest BCUT2D eigenvalue weighted by Gasteiger charge is 2.14. The Morgan fingerprint density at radius 1 is 1.20 bits per heavy atom. The van der Waals surface area contributed by atoms with Gasteiger partial charge in [0.1, 0.15) is 5.82 Å². The van der Waals surface area contributed by atoms with Gasteiger partial charge in [0, 0.05) is 18.7 Å². The molecule has 3 rings (SSSR count). The minimum Gasteiger partial charge on any atom is -0.378 e. The molecule has 0 aliphatic carbocycles. The molecule has 4 heteroatoms. The first-order valence-corrected chi connectivity index (χ1v) is 7.60. The summed E-state index contributed by atoms with van der Waals surface area (Å²) in [6.45, 7) is 3.99. The van der Waals surface area contributed by atoms with E-state index in [0.717, 1.165) is 43.3 Å². The van der Waals surface area contributed by atoms with Crippen LogP contribution in [0.1, 0.15) is 43.4 Å². The molecular weight excluding hydrogens is 248 g/mol. The topological polar surface area (TPSA) is 42.7 Å². The van der Waals surface area contributed by atoms with Crippen LogP contribution in [0.25, 0.3) is 0 Å². The Kier molecular flexibility index (Phi) is 4.00. The molecule has 1 N–H and O–H groups in total. The van der Waals surface area contributed by atoms with E-state index in [1.165, 1.54) is 24.8 Å². The largest absolute Gasteiger partial charge is 0.378 e. The standard InChI is InChI=1S/C16H22N4/c1-2-13-7-6-8-14(11-13)17-12-16-19-18-15-9-4-3-5-10-20(15)16/h6-8,11,17H,2-5,9-10,12H2,1H3. The number of benzene rings is 1. The van der Waals surface area contributed by atoms with E-state index in [4.69, 9.17) is 0 Å². The van der Waals surface area contributed by atoms with Crippen LogP contribution >= 0.6 is 0 Å². The molecule has 2 aromatic rings. The molecule has 1 aromatic heterocycles. The van der Waals surface area contributed by atoms with Crippen molar-refractivity contribution in [3.8, 4) is 0 Å². The first kappa shape index (κ1) is 13.2. The van der Waals surface area contributed by atoms with Gasteiger partial charge in [-0.05, 0) is 37.0 Å². The molecule has 0 radical (unpaired) electrons. The highest BCUT2D eigenvalue weighted by molar-refractivity contribution is 5.45. The number of aryl methyl sites for hydroxylation is 2. The molecule has 0 amide bonds. The molecule has 1 aliphatic heterocycles. The quantitative estimate of drug-likeness (QED) is 0.928. The summed E-state index contributed by atoms with van der Waals surface area (Å²) in [4.78, 5) is 0. The van der Waals surface area contributed by atoms with E-state index in [-0.39, 0.29) is 0 Å². The number of nitrogens with zero attached hydrogens (tertiary/aromatic N) is 3. The fourth-order valence-corrected chi connectivity index (χ4v) is 2.76.